The maximum Gasteiger partial charge on any atom is 0.237 e. The van der Waals surface area contributed by atoms with Crippen LogP contribution in [0.3, 0.4) is 0 Å². The molecule has 6 heteroatoms. The van der Waals surface area contributed by atoms with Crippen molar-refractivity contribution in [2.75, 3.05) is 25.0 Å². The van der Waals surface area contributed by atoms with Gasteiger partial charge >= 0.3 is 0 Å². The molecular formula is C20H24N4O2. The molecular weight excluding hydrogens is 328 g/mol. The summed E-state index contributed by atoms with van der Waals surface area (Å²) in [7, 11) is 1.85. The van der Waals surface area contributed by atoms with E-state index in [1.165, 1.54) is 0 Å². The van der Waals surface area contributed by atoms with Crippen LogP contribution in [0.4, 0.5) is 5.69 Å². The van der Waals surface area contributed by atoms with Gasteiger partial charge in [-0.25, -0.2) is 4.98 Å². The Morgan fingerprint density at radius 1 is 1.23 bits per heavy atom. The molecule has 1 aromatic carbocycles. The van der Waals surface area contributed by atoms with Gasteiger partial charge in [-0.3, -0.25) is 9.59 Å². The average Bonchev–Trinajstić information content (AvgIpc) is 3.26. The number of piperidine rings is 1. The molecule has 0 saturated carbocycles. The van der Waals surface area contributed by atoms with Crippen LogP contribution >= 0.6 is 0 Å². The molecule has 0 unspecified atom stereocenters. The van der Waals surface area contributed by atoms with E-state index in [9.17, 15) is 9.59 Å². The number of amides is 2. The number of hydrogen-bond donors (Lipinski definition) is 0. The van der Waals surface area contributed by atoms with Crippen LogP contribution in [-0.4, -0.2) is 46.4 Å². The van der Waals surface area contributed by atoms with Crippen LogP contribution in [0.15, 0.2) is 43.0 Å². The van der Waals surface area contributed by atoms with Crippen LogP contribution < -0.4 is 4.90 Å². The summed E-state index contributed by atoms with van der Waals surface area (Å²) in [6, 6.07) is 8.05. The Kier molecular flexibility index (Phi) is 4.26. The lowest BCUT2D eigenvalue weighted by molar-refractivity contribution is -0.135. The zero-order chi connectivity index (χ0) is 18.1. The van der Waals surface area contributed by atoms with Gasteiger partial charge in [-0.2, -0.15) is 0 Å². The molecule has 0 aliphatic carbocycles. The summed E-state index contributed by atoms with van der Waals surface area (Å²) in [5.41, 5.74) is 1.69. The summed E-state index contributed by atoms with van der Waals surface area (Å²) >= 11 is 0. The normalized spacial score (nSPS) is 18.4. The van der Waals surface area contributed by atoms with Crippen LogP contribution in [-0.2, 0) is 21.5 Å². The van der Waals surface area contributed by atoms with Crippen molar-refractivity contribution in [1.29, 1.82) is 0 Å². The average molecular weight is 352 g/mol. The van der Waals surface area contributed by atoms with Gasteiger partial charge < -0.3 is 14.4 Å². The third-order valence-corrected chi connectivity index (χ3v) is 5.83. The van der Waals surface area contributed by atoms with Crippen molar-refractivity contribution in [2.45, 2.75) is 37.6 Å². The SMILES string of the molecule is CN1C(=O)C2(CCN(C(=O)CCCn3ccnc3)CC2)c2ccccc21. The molecule has 26 heavy (non-hydrogen) atoms. The third kappa shape index (κ3) is 2.69. The van der Waals surface area contributed by atoms with Gasteiger partial charge in [0.15, 0.2) is 0 Å². The number of carbonyl (C=O) groups excluding carboxylic acids is 2. The molecule has 0 N–H and O–H groups in total. The van der Waals surface area contributed by atoms with Crippen molar-refractivity contribution < 1.29 is 9.59 Å². The van der Waals surface area contributed by atoms with Crippen LogP contribution in [0.1, 0.15) is 31.2 Å². The zero-order valence-electron chi connectivity index (χ0n) is 15.1. The lowest BCUT2D eigenvalue weighted by Gasteiger charge is -2.38. The molecule has 4 rings (SSSR count). The Morgan fingerprint density at radius 2 is 2.00 bits per heavy atom. The van der Waals surface area contributed by atoms with E-state index in [2.05, 4.69) is 11.1 Å². The van der Waals surface area contributed by atoms with Crippen molar-refractivity contribution >= 4 is 17.5 Å². The van der Waals surface area contributed by atoms with E-state index in [0.717, 1.165) is 24.2 Å². The van der Waals surface area contributed by atoms with Crippen molar-refractivity contribution in [3.05, 3.63) is 48.5 Å². The van der Waals surface area contributed by atoms with Crippen LogP contribution in [0.2, 0.25) is 0 Å². The van der Waals surface area contributed by atoms with Gasteiger partial charge in [0.1, 0.15) is 0 Å². The summed E-state index contributed by atoms with van der Waals surface area (Å²) in [6.45, 7) is 2.11. The lowest BCUT2D eigenvalue weighted by Crippen LogP contribution is -2.49. The van der Waals surface area contributed by atoms with Crippen LogP contribution in [0.25, 0.3) is 0 Å². The number of imidazole rings is 1. The number of aryl methyl sites for hydroxylation is 1. The maximum atomic E-state index is 12.9. The highest BCUT2D eigenvalue weighted by Crippen LogP contribution is 2.47. The van der Waals surface area contributed by atoms with Crippen LogP contribution in [0.5, 0.6) is 0 Å². The molecule has 1 saturated heterocycles. The second-order valence-electron chi connectivity index (χ2n) is 7.25. The number of benzene rings is 1. The largest absolute Gasteiger partial charge is 0.343 e. The Hall–Kier alpha value is -2.63. The van der Waals surface area contributed by atoms with Crippen molar-refractivity contribution in [2.24, 2.45) is 0 Å². The number of rotatable bonds is 4. The fourth-order valence-electron chi connectivity index (χ4n) is 4.33. The summed E-state index contributed by atoms with van der Waals surface area (Å²) in [6.07, 6.45) is 8.20. The molecule has 6 nitrogen and oxygen atoms in total. The third-order valence-electron chi connectivity index (χ3n) is 5.83. The molecule has 2 aliphatic rings. The number of carbonyl (C=O) groups is 2. The van der Waals surface area contributed by atoms with Gasteiger partial charge in [0.05, 0.1) is 11.7 Å². The number of likely N-dealkylation sites (N-methyl/N-ethyl adjacent to an activating group) is 1. The van der Waals surface area contributed by atoms with Crippen molar-refractivity contribution in [3.8, 4) is 0 Å². The second kappa shape index (κ2) is 6.59. The molecule has 2 aromatic rings. The second-order valence-corrected chi connectivity index (χ2v) is 7.25. The number of nitrogens with zero attached hydrogens (tertiary/aromatic N) is 4. The molecule has 3 heterocycles. The van der Waals surface area contributed by atoms with Gasteiger partial charge in [-0.1, -0.05) is 18.2 Å². The summed E-state index contributed by atoms with van der Waals surface area (Å²) in [5.74, 6) is 0.359. The Morgan fingerprint density at radius 3 is 2.73 bits per heavy atom. The number of fused-ring (bicyclic) bond motifs is 2. The number of likely N-dealkylation sites (tertiary alicyclic amines) is 1. The van der Waals surface area contributed by atoms with Crippen LogP contribution in [0, 0.1) is 0 Å². The zero-order valence-corrected chi connectivity index (χ0v) is 15.1. The number of para-hydroxylation sites is 1. The summed E-state index contributed by atoms with van der Waals surface area (Å²) < 4.78 is 1.99. The highest BCUT2D eigenvalue weighted by molar-refractivity contribution is 6.07. The minimum absolute atomic E-state index is 0.172. The molecule has 1 aromatic heterocycles. The first-order valence-corrected chi connectivity index (χ1v) is 9.23. The predicted molar refractivity (Wildman–Crippen MR) is 98.8 cm³/mol. The molecule has 136 valence electrons. The maximum absolute atomic E-state index is 12.9. The lowest BCUT2D eigenvalue weighted by atomic mass is 9.73. The Balaban J connectivity index is 1.38. The monoisotopic (exact) mass is 352 g/mol. The van der Waals surface area contributed by atoms with E-state index in [4.69, 9.17) is 0 Å². The van der Waals surface area contributed by atoms with Crippen molar-refractivity contribution in [1.82, 2.24) is 14.5 Å². The quantitative estimate of drug-likeness (QED) is 0.848. The van der Waals surface area contributed by atoms with E-state index >= 15 is 0 Å². The molecule has 1 spiro atoms. The molecule has 0 atom stereocenters. The first-order valence-electron chi connectivity index (χ1n) is 9.23. The highest BCUT2D eigenvalue weighted by atomic mass is 16.2. The Bertz CT molecular complexity index is 807. The Labute approximate surface area is 153 Å². The first kappa shape index (κ1) is 16.8. The number of aromatic nitrogens is 2. The van der Waals surface area contributed by atoms with E-state index < -0.39 is 5.41 Å². The number of anilines is 1. The molecule has 0 bridgehead atoms. The van der Waals surface area contributed by atoms with Crippen molar-refractivity contribution in [3.63, 3.8) is 0 Å². The standard InChI is InChI=1S/C20H24N4O2/c1-22-17-6-3-2-5-16(17)20(19(22)26)8-12-24(13-9-20)18(25)7-4-11-23-14-10-21-15-23/h2-3,5-6,10,14-15H,4,7-9,11-13H2,1H3. The van der Waals surface area contributed by atoms with Gasteiger partial charge in [0.2, 0.25) is 11.8 Å². The fraction of sp³-hybridized carbons (Fsp3) is 0.450. The van der Waals surface area contributed by atoms with E-state index in [1.807, 2.05) is 40.9 Å². The molecule has 2 amide bonds. The van der Waals surface area contributed by atoms with E-state index in [1.54, 1.807) is 17.4 Å². The van der Waals surface area contributed by atoms with Gasteiger partial charge in [0, 0.05) is 51.2 Å². The van der Waals surface area contributed by atoms with E-state index in [-0.39, 0.29) is 11.8 Å². The molecule has 2 aliphatic heterocycles. The first-order chi connectivity index (χ1) is 12.6. The fourth-order valence-corrected chi connectivity index (χ4v) is 4.33. The molecule has 0 radical (unpaired) electrons. The van der Waals surface area contributed by atoms with Gasteiger partial charge in [-0.05, 0) is 30.9 Å². The number of hydrogen-bond acceptors (Lipinski definition) is 3. The smallest absolute Gasteiger partial charge is 0.237 e. The molecule has 1 fully saturated rings. The minimum atomic E-state index is -0.446. The highest BCUT2D eigenvalue weighted by Gasteiger charge is 2.51. The summed E-state index contributed by atoms with van der Waals surface area (Å²) in [5, 5.41) is 0. The predicted octanol–water partition coefficient (Wildman–Crippen LogP) is 2.20. The summed E-state index contributed by atoms with van der Waals surface area (Å²) in [4.78, 5) is 33.2. The van der Waals surface area contributed by atoms with Gasteiger partial charge in [0.25, 0.3) is 0 Å². The topological polar surface area (TPSA) is 58.4 Å². The van der Waals surface area contributed by atoms with Gasteiger partial charge in [-0.15, -0.1) is 0 Å². The minimum Gasteiger partial charge on any atom is -0.343 e. The van der Waals surface area contributed by atoms with E-state index in [0.29, 0.717) is 32.4 Å².